The Balaban J connectivity index is 1.70. The highest BCUT2D eigenvalue weighted by atomic mass is 16.5. The van der Waals surface area contributed by atoms with Crippen LogP contribution in [0, 0.1) is 0 Å². The molecule has 0 atom stereocenters. The number of hydrogen-bond acceptors (Lipinski definition) is 3. The zero-order valence-electron chi connectivity index (χ0n) is 11.2. The summed E-state index contributed by atoms with van der Waals surface area (Å²) < 4.78 is 5.40. The Labute approximate surface area is 114 Å². The van der Waals surface area contributed by atoms with Crippen LogP contribution < -0.4 is 15.6 Å². The smallest absolute Gasteiger partial charge is 0.119 e. The fraction of sp³-hybridized carbons (Fsp3) is 0.250. The highest BCUT2D eigenvalue weighted by Crippen LogP contribution is 2.14. The summed E-state index contributed by atoms with van der Waals surface area (Å²) in [4.78, 5) is 0. The number of anilines is 1. The lowest BCUT2D eigenvalue weighted by atomic mass is 10.2. The number of benzene rings is 2. The van der Waals surface area contributed by atoms with E-state index in [1.54, 1.807) is 0 Å². The lowest BCUT2D eigenvalue weighted by molar-refractivity contribution is 0.340. The molecule has 2 aromatic rings. The monoisotopic (exact) mass is 256 g/mol. The van der Waals surface area contributed by atoms with Gasteiger partial charge in [-0.2, -0.15) is 0 Å². The van der Waals surface area contributed by atoms with Crippen molar-refractivity contribution in [1.29, 1.82) is 0 Å². The first-order chi connectivity index (χ1) is 9.38. The van der Waals surface area contributed by atoms with Gasteiger partial charge < -0.3 is 10.2 Å². The molecule has 0 saturated heterocycles. The van der Waals surface area contributed by atoms with Crippen LogP contribution in [0.2, 0.25) is 0 Å². The number of hydrogen-bond donors (Lipinski definition) is 2. The maximum absolute atomic E-state index is 5.40. The zero-order valence-corrected chi connectivity index (χ0v) is 11.2. The molecule has 0 aliphatic rings. The summed E-state index contributed by atoms with van der Waals surface area (Å²) in [5.41, 5.74) is 8.76. The van der Waals surface area contributed by atoms with E-state index < -0.39 is 0 Å². The summed E-state index contributed by atoms with van der Waals surface area (Å²) >= 11 is 0. The van der Waals surface area contributed by atoms with Crippen molar-refractivity contribution in [2.24, 2.45) is 0 Å². The zero-order chi connectivity index (χ0) is 13.3. The highest BCUT2D eigenvalue weighted by molar-refractivity contribution is 5.45. The molecule has 0 radical (unpaired) electrons. The molecule has 0 heterocycles. The van der Waals surface area contributed by atoms with E-state index in [1.165, 1.54) is 5.56 Å². The van der Waals surface area contributed by atoms with Crippen molar-refractivity contribution in [3.05, 3.63) is 60.2 Å². The average molecular weight is 256 g/mol. The minimum atomic E-state index is 0.697. The van der Waals surface area contributed by atoms with E-state index in [1.807, 2.05) is 37.3 Å². The molecule has 0 saturated carbocycles. The van der Waals surface area contributed by atoms with Crippen LogP contribution in [0.5, 0.6) is 5.75 Å². The molecule has 3 heteroatoms. The Morgan fingerprint density at radius 2 is 1.68 bits per heavy atom. The molecule has 19 heavy (non-hydrogen) atoms. The number of rotatable bonds is 7. The Bertz CT molecular complexity index is 468. The molecule has 0 unspecified atom stereocenters. The van der Waals surface area contributed by atoms with Gasteiger partial charge in [-0.15, -0.1) is 0 Å². The van der Waals surface area contributed by atoms with Gasteiger partial charge in [0.25, 0.3) is 0 Å². The van der Waals surface area contributed by atoms with Gasteiger partial charge in [-0.3, -0.25) is 0 Å². The highest BCUT2D eigenvalue weighted by Gasteiger charge is 1.94. The predicted molar refractivity (Wildman–Crippen MR) is 79.4 cm³/mol. The van der Waals surface area contributed by atoms with Crippen molar-refractivity contribution in [2.45, 2.75) is 13.3 Å². The van der Waals surface area contributed by atoms with E-state index in [2.05, 4.69) is 35.1 Å². The van der Waals surface area contributed by atoms with Gasteiger partial charge in [0.05, 0.1) is 6.61 Å². The fourth-order valence-corrected chi connectivity index (χ4v) is 1.82. The molecule has 0 spiro atoms. The summed E-state index contributed by atoms with van der Waals surface area (Å²) in [6.07, 6.45) is 1.00. The summed E-state index contributed by atoms with van der Waals surface area (Å²) in [5, 5.41) is 0. The van der Waals surface area contributed by atoms with Crippen molar-refractivity contribution in [1.82, 2.24) is 5.43 Å². The van der Waals surface area contributed by atoms with Gasteiger partial charge in [0.15, 0.2) is 0 Å². The third-order valence-corrected chi connectivity index (χ3v) is 2.78. The Morgan fingerprint density at radius 1 is 0.947 bits per heavy atom. The first-order valence-electron chi connectivity index (χ1n) is 6.64. The predicted octanol–water partition coefficient (Wildman–Crippen LogP) is 3.24. The van der Waals surface area contributed by atoms with Crippen LogP contribution in [0.4, 0.5) is 5.69 Å². The number of hydrazine groups is 1. The van der Waals surface area contributed by atoms with Crippen molar-refractivity contribution in [2.75, 3.05) is 18.6 Å². The second-order valence-corrected chi connectivity index (χ2v) is 4.24. The molecule has 0 fully saturated rings. The van der Waals surface area contributed by atoms with Gasteiger partial charge >= 0.3 is 0 Å². The maximum atomic E-state index is 5.40. The standard InChI is InChI=1S/C16H20N2O/c1-2-19-16-10-8-15(9-11-16)18-17-13-12-14-6-4-3-5-7-14/h3-11,17-18H,2,12-13H2,1H3. The van der Waals surface area contributed by atoms with Crippen molar-refractivity contribution >= 4 is 5.69 Å². The van der Waals surface area contributed by atoms with Crippen LogP contribution in [-0.4, -0.2) is 13.2 Å². The topological polar surface area (TPSA) is 33.3 Å². The minimum Gasteiger partial charge on any atom is -0.494 e. The Kier molecular flexibility index (Phi) is 5.26. The maximum Gasteiger partial charge on any atom is 0.119 e. The van der Waals surface area contributed by atoms with E-state index in [4.69, 9.17) is 4.74 Å². The summed E-state index contributed by atoms with van der Waals surface area (Å²) in [5.74, 6) is 0.900. The Morgan fingerprint density at radius 3 is 2.37 bits per heavy atom. The Hall–Kier alpha value is -2.00. The number of nitrogens with one attached hydrogen (secondary N) is 2. The third-order valence-electron chi connectivity index (χ3n) is 2.78. The van der Waals surface area contributed by atoms with Gasteiger partial charge in [0.1, 0.15) is 5.75 Å². The van der Waals surface area contributed by atoms with Crippen LogP contribution in [-0.2, 0) is 6.42 Å². The van der Waals surface area contributed by atoms with Gasteiger partial charge in [-0.05, 0) is 43.2 Å². The van der Waals surface area contributed by atoms with Gasteiger partial charge in [-0.25, -0.2) is 5.43 Å². The SMILES string of the molecule is CCOc1ccc(NNCCc2ccccc2)cc1. The molecular formula is C16H20N2O. The molecule has 0 aliphatic heterocycles. The third kappa shape index (κ3) is 4.64. The summed E-state index contributed by atoms with van der Waals surface area (Å²) in [6.45, 7) is 3.57. The van der Waals surface area contributed by atoms with Crippen molar-refractivity contribution < 1.29 is 4.74 Å². The lowest BCUT2D eigenvalue weighted by Gasteiger charge is -2.09. The van der Waals surface area contributed by atoms with Crippen molar-refractivity contribution in [3.63, 3.8) is 0 Å². The van der Waals surface area contributed by atoms with E-state index >= 15 is 0 Å². The molecule has 0 amide bonds. The fourth-order valence-electron chi connectivity index (χ4n) is 1.82. The van der Waals surface area contributed by atoms with Crippen LogP contribution >= 0.6 is 0 Å². The molecule has 0 aliphatic carbocycles. The van der Waals surface area contributed by atoms with Gasteiger partial charge in [0, 0.05) is 12.2 Å². The second kappa shape index (κ2) is 7.44. The molecule has 3 nitrogen and oxygen atoms in total. The average Bonchev–Trinajstić information content (AvgIpc) is 2.47. The van der Waals surface area contributed by atoms with Crippen LogP contribution in [0.1, 0.15) is 12.5 Å². The van der Waals surface area contributed by atoms with E-state index in [-0.39, 0.29) is 0 Å². The van der Waals surface area contributed by atoms with Crippen LogP contribution in [0.25, 0.3) is 0 Å². The van der Waals surface area contributed by atoms with Gasteiger partial charge in [-0.1, -0.05) is 30.3 Å². The normalized spacial score (nSPS) is 10.2. The van der Waals surface area contributed by atoms with Crippen LogP contribution in [0.15, 0.2) is 54.6 Å². The van der Waals surface area contributed by atoms with E-state index in [0.717, 1.165) is 24.4 Å². The number of ether oxygens (including phenoxy) is 1. The van der Waals surface area contributed by atoms with Crippen LogP contribution in [0.3, 0.4) is 0 Å². The van der Waals surface area contributed by atoms with Crippen molar-refractivity contribution in [3.8, 4) is 5.75 Å². The molecular weight excluding hydrogens is 236 g/mol. The quantitative estimate of drug-likeness (QED) is 0.589. The van der Waals surface area contributed by atoms with E-state index in [9.17, 15) is 0 Å². The summed E-state index contributed by atoms with van der Waals surface area (Å²) in [7, 11) is 0. The lowest BCUT2D eigenvalue weighted by Crippen LogP contribution is -2.24. The largest absolute Gasteiger partial charge is 0.494 e. The second-order valence-electron chi connectivity index (χ2n) is 4.24. The molecule has 2 N–H and O–H groups in total. The molecule has 2 aromatic carbocycles. The first-order valence-corrected chi connectivity index (χ1v) is 6.64. The molecule has 0 bridgehead atoms. The summed E-state index contributed by atoms with van der Waals surface area (Å²) in [6, 6.07) is 18.4. The first kappa shape index (κ1) is 13.4. The van der Waals surface area contributed by atoms with E-state index in [0.29, 0.717) is 6.61 Å². The minimum absolute atomic E-state index is 0.697. The molecule has 100 valence electrons. The van der Waals surface area contributed by atoms with Gasteiger partial charge in [0.2, 0.25) is 0 Å². The molecule has 0 aromatic heterocycles. The molecule has 2 rings (SSSR count).